The number of carbonyl (C=O) groups excluding carboxylic acids is 1. The zero-order valence-electron chi connectivity index (χ0n) is 8.67. The van der Waals surface area contributed by atoms with Crippen LogP contribution < -0.4 is 5.32 Å². The molecule has 1 heterocycles. The summed E-state index contributed by atoms with van der Waals surface area (Å²) in [6, 6.07) is 4.24. The van der Waals surface area contributed by atoms with E-state index in [9.17, 15) is 9.18 Å². The van der Waals surface area contributed by atoms with Crippen molar-refractivity contribution in [3.63, 3.8) is 0 Å². The highest BCUT2D eigenvalue weighted by Crippen LogP contribution is 2.20. The Bertz CT molecular complexity index is 405. The van der Waals surface area contributed by atoms with Gasteiger partial charge in [0.2, 0.25) is 0 Å². The average molecular weight is 334 g/mol. The van der Waals surface area contributed by atoms with Crippen LogP contribution in [0.15, 0.2) is 18.2 Å². The van der Waals surface area contributed by atoms with Gasteiger partial charge in [0, 0.05) is 16.7 Å². The van der Waals surface area contributed by atoms with Gasteiger partial charge in [0.1, 0.15) is 5.82 Å². The van der Waals surface area contributed by atoms with Gasteiger partial charge < -0.3 is 10.2 Å². The van der Waals surface area contributed by atoms with E-state index in [1.807, 2.05) is 22.6 Å². The molecule has 1 aromatic rings. The van der Waals surface area contributed by atoms with E-state index in [1.165, 1.54) is 12.1 Å². The molecule has 2 amide bonds. The molecular formula is C11H12FIN2O. The van der Waals surface area contributed by atoms with E-state index in [2.05, 4.69) is 5.32 Å². The van der Waals surface area contributed by atoms with Crippen LogP contribution in [-0.4, -0.2) is 24.0 Å². The molecule has 1 saturated heterocycles. The molecule has 0 atom stereocenters. The molecule has 0 bridgehead atoms. The number of urea groups is 1. The Morgan fingerprint density at radius 3 is 2.69 bits per heavy atom. The highest BCUT2D eigenvalue weighted by molar-refractivity contribution is 14.1. The number of halogens is 2. The summed E-state index contributed by atoms with van der Waals surface area (Å²) < 4.78 is 13.6. The number of hydrogen-bond donors (Lipinski definition) is 1. The van der Waals surface area contributed by atoms with Gasteiger partial charge in [-0.05, 0) is 53.6 Å². The van der Waals surface area contributed by atoms with Crippen molar-refractivity contribution in [2.75, 3.05) is 18.4 Å². The molecule has 2 rings (SSSR count). The van der Waals surface area contributed by atoms with Crippen LogP contribution in [0.2, 0.25) is 0 Å². The van der Waals surface area contributed by atoms with Gasteiger partial charge in [0.25, 0.3) is 0 Å². The number of hydrogen-bond acceptors (Lipinski definition) is 1. The summed E-state index contributed by atoms with van der Waals surface area (Å²) in [6.45, 7) is 1.62. The fourth-order valence-electron chi connectivity index (χ4n) is 1.71. The minimum atomic E-state index is -0.288. The lowest BCUT2D eigenvalue weighted by Gasteiger charge is -2.16. The first-order valence-corrected chi connectivity index (χ1v) is 6.25. The van der Waals surface area contributed by atoms with Crippen molar-refractivity contribution in [3.05, 3.63) is 27.6 Å². The van der Waals surface area contributed by atoms with Crippen molar-refractivity contribution in [2.24, 2.45) is 0 Å². The number of amides is 2. The average Bonchev–Trinajstić information content (AvgIpc) is 2.75. The van der Waals surface area contributed by atoms with Crippen LogP contribution in [-0.2, 0) is 0 Å². The molecule has 1 aromatic carbocycles. The van der Waals surface area contributed by atoms with Crippen LogP contribution in [0.25, 0.3) is 0 Å². The SMILES string of the molecule is O=C(Nc1ccc(F)cc1I)N1CCCC1. The summed E-state index contributed by atoms with van der Waals surface area (Å²) in [6.07, 6.45) is 2.13. The molecule has 1 N–H and O–H groups in total. The molecule has 5 heteroatoms. The number of carbonyl (C=O) groups is 1. The van der Waals surface area contributed by atoms with Crippen molar-refractivity contribution in [1.82, 2.24) is 4.90 Å². The third kappa shape index (κ3) is 2.63. The Kier molecular flexibility index (Phi) is 3.63. The van der Waals surface area contributed by atoms with Crippen molar-refractivity contribution in [2.45, 2.75) is 12.8 Å². The fourth-order valence-corrected chi connectivity index (χ4v) is 2.32. The summed E-state index contributed by atoms with van der Waals surface area (Å²) in [5, 5.41) is 2.79. The van der Waals surface area contributed by atoms with Crippen molar-refractivity contribution in [3.8, 4) is 0 Å². The van der Waals surface area contributed by atoms with Gasteiger partial charge in [0.05, 0.1) is 5.69 Å². The number of nitrogens with one attached hydrogen (secondary N) is 1. The van der Waals surface area contributed by atoms with E-state index in [0.29, 0.717) is 9.26 Å². The number of benzene rings is 1. The third-order valence-corrected chi connectivity index (χ3v) is 3.46. The van der Waals surface area contributed by atoms with Crippen LogP contribution in [0.4, 0.5) is 14.9 Å². The summed E-state index contributed by atoms with van der Waals surface area (Å²) >= 11 is 2.01. The third-order valence-electron chi connectivity index (χ3n) is 2.57. The van der Waals surface area contributed by atoms with Crippen molar-refractivity contribution in [1.29, 1.82) is 0 Å². The van der Waals surface area contributed by atoms with E-state index in [1.54, 1.807) is 11.0 Å². The second kappa shape index (κ2) is 4.99. The number of nitrogens with zero attached hydrogens (tertiary/aromatic N) is 1. The summed E-state index contributed by atoms with van der Waals surface area (Å²) in [5.74, 6) is -0.288. The van der Waals surface area contributed by atoms with E-state index in [-0.39, 0.29) is 11.8 Å². The van der Waals surface area contributed by atoms with Gasteiger partial charge in [-0.1, -0.05) is 0 Å². The predicted octanol–water partition coefficient (Wildman–Crippen LogP) is 3.06. The van der Waals surface area contributed by atoms with Gasteiger partial charge in [-0.3, -0.25) is 0 Å². The Balaban J connectivity index is 2.05. The quantitative estimate of drug-likeness (QED) is 0.787. The minimum absolute atomic E-state index is 0.0953. The van der Waals surface area contributed by atoms with Gasteiger partial charge in [0.15, 0.2) is 0 Å². The fraction of sp³-hybridized carbons (Fsp3) is 0.364. The molecule has 0 saturated carbocycles. The maximum atomic E-state index is 12.9. The van der Waals surface area contributed by atoms with Crippen LogP contribution in [0, 0.1) is 9.39 Å². The smallest absolute Gasteiger partial charge is 0.321 e. The van der Waals surface area contributed by atoms with E-state index in [4.69, 9.17) is 0 Å². The largest absolute Gasteiger partial charge is 0.325 e. The van der Waals surface area contributed by atoms with Gasteiger partial charge >= 0.3 is 6.03 Å². The molecule has 16 heavy (non-hydrogen) atoms. The van der Waals surface area contributed by atoms with Crippen LogP contribution >= 0.6 is 22.6 Å². The predicted molar refractivity (Wildman–Crippen MR) is 68.9 cm³/mol. The topological polar surface area (TPSA) is 32.3 Å². The lowest BCUT2D eigenvalue weighted by molar-refractivity contribution is 0.222. The van der Waals surface area contributed by atoms with Gasteiger partial charge in [-0.25, -0.2) is 9.18 Å². The first-order valence-electron chi connectivity index (χ1n) is 5.18. The summed E-state index contributed by atoms with van der Waals surface area (Å²) in [5.41, 5.74) is 0.666. The number of rotatable bonds is 1. The maximum Gasteiger partial charge on any atom is 0.321 e. The second-order valence-corrected chi connectivity index (χ2v) is 4.91. The lowest BCUT2D eigenvalue weighted by atomic mass is 10.3. The first-order chi connectivity index (χ1) is 7.66. The Morgan fingerprint density at radius 1 is 1.38 bits per heavy atom. The second-order valence-electron chi connectivity index (χ2n) is 3.75. The van der Waals surface area contributed by atoms with E-state index >= 15 is 0 Å². The molecule has 0 unspecified atom stereocenters. The lowest BCUT2D eigenvalue weighted by Crippen LogP contribution is -2.32. The minimum Gasteiger partial charge on any atom is -0.325 e. The summed E-state index contributed by atoms with van der Waals surface area (Å²) in [7, 11) is 0. The Labute approximate surface area is 107 Å². The molecule has 0 spiro atoms. The molecule has 0 aliphatic carbocycles. The molecule has 1 fully saturated rings. The van der Waals surface area contributed by atoms with Crippen molar-refractivity contribution < 1.29 is 9.18 Å². The maximum absolute atomic E-state index is 12.9. The highest BCUT2D eigenvalue weighted by Gasteiger charge is 2.18. The number of likely N-dealkylation sites (tertiary alicyclic amines) is 1. The van der Waals surface area contributed by atoms with E-state index < -0.39 is 0 Å². The molecule has 0 radical (unpaired) electrons. The molecule has 3 nitrogen and oxygen atoms in total. The Morgan fingerprint density at radius 2 is 2.06 bits per heavy atom. The summed E-state index contributed by atoms with van der Waals surface area (Å²) in [4.78, 5) is 13.5. The normalized spacial score (nSPS) is 15.2. The van der Waals surface area contributed by atoms with Gasteiger partial charge in [-0.2, -0.15) is 0 Å². The zero-order chi connectivity index (χ0) is 11.5. The Hall–Kier alpha value is -0.850. The molecule has 0 aromatic heterocycles. The first kappa shape index (κ1) is 11.6. The molecular weight excluding hydrogens is 322 g/mol. The number of anilines is 1. The molecule has 86 valence electrons. The van der Waals surface area contributed by atoms with Crippen molar-refractivity contribution >= 4 is 34.3 Å². The standard InChI is InChI=1S/C11H12FIN2O/c12-8-3-4-10(9(13)7-8)14-11(16)15-5-1-2-6-15/h3-4,7H,1-2,5-6H2,(H,14,16). The zero-order valence-corrected chi connectivity index (χ0v) is 10.8. The van der Waals surface area contributed by atoms with Gasteiger partial charge in [-0.15, -0.1) is 0 Å². The van der Waals surface area contributed by atoms with Crippen LogP contribution in [0.5, 0.6) is 0 Å². The highest BCUT2D eigenvalue weighted by atomic mass is 127. The molecule has 1 aliphatic heterocycles. The van der Waals surface area contributed by atoms with Crippen LogP contribution in [0.3, 0.4) is 0 Å². The molecule has 1 aliphatic rings. The van der Waals surface area contributed by atoms with Crippen LogP contribution in [0.1, 0.15) is 12.8 Å². The monoisotopic (exact) mass is 334 g/mol. The van der Waals surface area contributed by atoms with E-state index in [0.717, 1.165) is 25.9 Å².